The van der Waals surface area contributed by atoms with Gasteiger partial charge in [0, 0.05) is 5.02 Å². The van der Waals surface area contributed by atoms with Crippen LogP contribution in [0.1, 0.15) is 30.9 Å². The number of carbonyl (C=O) groups excluding carboxylic acids is 1. The fourth-order valence-electron chi connectivity index (χ4n) is 3.39. The van der Waals surface area contributed by atoms with Crippen LogP contribution in [0.15, 0.2) is 77.7 Å². The lowest BCUT2D eigenvalue weighted by Crippen LogP contribution is -2.41. The standard InChI is InChI=1S/C26H29ClN2O4S/c1-19(2)24-6-4-5-7-25(24)33-17-16-28-26(30)18-29(22-12-10-21(27)11-13-22)34(31,32)23-14-8-20(3)9-15-23/h4-15,19H,16-18H2,1-3H3,(H,28,30). The Labute approximate surface area is 206 Å². The van der Waals surface area contributed by atoms with Gasteiger partial charge in [-0.1, -0.05) is 61.3 Å². The van der Waals surface area contributed by atoms with Gasteiger partial charge in [0.15, 0.2) is 0 Å². The van der Waals surface area contributed by atoms with Crippen molar-refractivity contribution in [3.8, 4) is 5.75 Å². The smallest absolute Gasteiger partial charge is 0.264 e. The third-order valence-electron chi connectivity index (χ3n) is 5.23. The molecule has 3 aromatic carbocycles. The van der Waals surface area contributed by atoms with E-state index in [2.05, 4.69) is 19.2 Å². The molecule has 8 heteroatoms. The van der Waals surface area contributed by atoms with Crippen molar-refractivity contribution in [2.45, 2.75) is 31.6 Å². The van der Waals surface area contributed by atoms with Crippen molar-refractivity contribution in [1.29, 1.82) is 0 Å². The van der Waals surface area contributed by atoms with E-state index in [4.69, 9.17) is 16.3 Å². The van der Waals surface area contributed by atoms with Crippen molar-refractivity contribution in [2.24, 2.45) is 0 Å². The van der Waals surface area contributed by atoms with E-state index in [1.54, 1.807) is 36.4 Å². The van der Waals surface area contributed by atoms with E-state index in [1.807, 2.05) is 31.2 Å². The number of nitrogens with zero attached hydrogens (tertiary/aromatic N) is 1. The van der Waals surface area contributed by atoms with Crippen molar-refractivity contribution in [3.05, 3.63) is 88.9 Å². The zero-order chi connectivity index (χ0) is 24.7. The number of benzene rings is 3. The molecular formula is C26H29ClN2O4S. The molecule has 0 saturated carbocycles. The van der Waals surface area contributed by atoms with Crippen LogP contribution >= 0.6 is 11.6 Å². The maximum atomic E-state index is 13.4. The Hall–Kier alpha value is -3.03. The number of rotatable bonds is 10. The number of halogens is 1. The Morgan fingerprint density at radius 1 is 1.00 bits per heavy atom. The number of anilines is 1. The van der Waals surface area contributed by atoms with Crippen LogP contribution in [0, 0.1) is 6.92 Å². The van der Waals surface area contributed by atoms with Crippen LogP contribution in [-0.2, 0) is 14.8 Å². The molecule has 180 valence electrons. The molecule has 1 amide bonds. The summed E-state index contributed by atoms with van der Waals surface area (Å²) < 4.78 is 33.7. The van der Waals surface area contributed by atoms with Gasteiger partial charge in [-0.05, 0) is 60.9 Å². The van der Waals surface area contributed by atoms with E-state index >= 15 is 0 Å². The average Bonchev–Trinajstić information content (AvgIpc) is 2.81. The highest BCUT2D eigenvalue weighted by Crippen LogP contribution is 2.26. The summed E-state index contributed by atoms with van der Waals surface area (Å²) in [7, 11) is -3.97. The fourth-order valence-corrected chi connectivity index (χ4v) is 4.93. The van der Waals surface area contributed by atoms with E-state index < -0.39 is 15.9 Å². The van der Waals surface area contributed by atoms with Gasteiger partial charge in [0.05, 0.1) is 17.1 Å². The van der Waals surface area contributed by atoms with Crippen molar-refractivity contribution >= 4 is 33.2 Å². The zero-order valence-electron chi connectivity index (χ0n) is 19.5. The molecule has 0 bridgehead atoms. The van der Waals surface area contributed by atoms with E-state index in [-0.39, 0.29) is 24.6 Å². The summed E-state index contributed by atoms with van der Waals surface area (Å²) in [5, 5.41) is 3.22. The molecule has 0 radical (unpaired) electrons. The van der Waals surface area contributed by atoms with Crippen molar-refractivity contribution < 1.29 is 17.9 Å². The minimum Gasteiger partial charge on any atom is -0.491 e. The number of ether oxygens (including phenoxy) is 1. The summed E-state index contributed by atoms with van der Waals surface area (Å²) in [5.41, 5.74) is 2.38. The third kappa shape index (κ3) is 6.52. The first-order valence-electron chi connectivity index (χ1n) is 11.0. The van der Waals surface area contributed by atoms with Gasteiger partial charge in [0.1, 0.15) is 18.9 Å². The molecule has 0 fully saturated rings. The van der Waals surface area contributed by atoms with Crippen molar-refractivity contribution in [3.63, 3.8) is 0 Å². The minimum absolute atomic E-state index is 0.106. The Balaban J connectivity index is 1.69. The molecule has 6 nitrogen and oxygen atoms in total. The molecule has 0 aliphatic carbocycles. The quantitative estimate of drug-likeness (QED) is 0.390. The number of hydrogen-bond acceptors (Lipinski definition) is 4. The molecule has 34 heavy (non-hydrogen) atoms. The first-order chi connectivity index (χ1) is 16.2. The highest BCUT2D eigenvalue weighted by molar-refractivity contribution is 7.92. The van der Waals surface area contributed by atoms with Gasteiger partial charge in [-0.25, -0.2) is 8.42 Å². The molecule has 3 rings (SSSR count). The highest BCUT2D eigenvalue weighted by atomic mass is 35.5. The topological polar surface area (TPSA) is 75.7 Å². The van der Waals surface area contributed by atoms with Crippen molar-refractivity contribution in [2.75, 3.05) is 24.0 Å². The third-order valence-corrected chi connectivity index (χ3v) is 7.27. The minimum atomic E-state index is -3.97. The summed E-state index contributed by atoms with van der Waals surface area (Å²) in [6.07, 6.45) is 0. The second-order valence-corrected chi connectivity index (χ2v) is 10.5. The lowest BCUT2D eigenvalue weighted by molar-refractivity contribution is -0.119. The van der Waals surface area contributed by atoms with Gasteiger partial charge in [0.2, 0.25) is 5.91 Å². The van der Waals surface area contributed by atoms with Crippen LogP contribution in [0.2, 0.25) is 5.02 Å². The predicted octanol–water partition coefficient (Wildman–Crippen LogP) is 5.16. The molecule has 0 heterocycles. The Kier molecular flexibility index (Phi) is 8.58. The lowest BCUT2D eigenvalue weighted by Gasteiger charge is -2.24. The Morgan fingerprint density at radius 2 is 1.65 bits per heavy atom. The second kappa shape index (κ2) is 11.4. The highest BCUT2D eigenvalue weighted by Gasteiger charge is 2.27. The first kappa shape index (κ1) is 25.6. The molecule has 0 spiro atoms. The number of aryl methyl sites for hydroxylation is 1. The molecule has 0 unspecified atom stereocenters. The maximum absolute atomic E-state index is 13.4. The van der Waals surface area contributed by atoms with Crippen LogP contribution in [0.25, 0.3) is 0 Å². The van der Waals surface area contributed by atoms with E-state index in [1.165, 1.54) is 12.1 Å². The lowest BCUT2D eigenvalue weighted by atomic mass is 10.0. The molecule has 0 aliphatic heterocycles. The number of amides is 1. The van der Waals surface area contributed by atoms with E-state index in [9.17, 15) is 13.2 Å². The van der Waals surface area contributed by atoms with Crippen LogP contribution in [0.4, 0.5) is 5.69 Å². The Morgan fingerprint density at radius 3 is 2.29 bits per heavy atom. The molecule has 0 saturated heterocycles. The number of carbonyl (C=O) groups is 1. The van der Waals surface area contributed by atoms with Crippen molar-refractivity contribution in [1.82, 2.24) is 5.32 Å². The largest absolute Gasteiger partial charge is 0.491 e. The van der Waals surface area contributed by atoms with Gasteiger partial charge in [0.25, 0.3) is 10.0 Å². The molecule has 0 aliphatic rings. The summed E-state index contributed by atoms with van der Waals surface area (Å²) >= 11 is 5.98. The number of para-hydroxylation sites is 1. The number of hydrogen-bond donors (Lipinski definition) is 1. The molecular weight excluding hydrogens is 472 g/mol. The number of sulfonamides is 1. The van der Waals surface area contributed by atoms with Gasteiger partial charge in [-0.3, -0.25) is 9.10 Å². The van der Waals surface area contributed by atoms with Gasteiger partial charge < -0.3 is 10.1 Å². The summed E-state index contributed by atoms with van der Waals surface area (Å²) in [5.74, 6) is 0.647. The Bertz CT molecular complexity index is 1210. The predicted molar refractivity (Wildman–Crippen MR) is 136 cm³/mol. The molecule has 3 aromatic rings. The number of nitrogens with one attached hydrogen (secondary N) is 1. The van der Waals surface area contributed by atoms with Gasteiger partial charge in [-0.2, -0.15) is 0 Å². The zero-order valence-corrected chi connectivity index (χ0v) is 21.1. The van der Waals surface area contributed by atoms with Crippen LogP contribution in [0.3, 0.4) is 0 Å². The SMILES string of the molecule is Cc1ccc(S(=O)(=O)N(CC(=O)NCCOc2ccccc2C(C)C)c2ccc(Cl)cc2)cc1. The van der Waals surface area contributed by atoms with E-state index in [0.717, 1.165) is 21.2 Å². The molecule has 1 N–H and O–H groups in total. The van der Waals surface area contributed by atoms with Gasteiger partial charge >= 0.3 is 0 Å². The van der Waals surface area contributed by atoms with E-state index in [0.29, 0.717) is 16.6 Å². The average molecular weight is 501 g/mol. The first-order valence-corrected chi connectivity index (χ1v) is 12.8. The van der Waals surface area contributed by atoms with Gasteiger partial charge in [-0.15, -0.1) is 0 Å². The molecule has 0 aromatic heterocycles. The summed E-state index contributed by atoms with van der Waals surface area (Å²) in [6.45, 7) is 6.18. The maximum Gasteiger partial charge on any atom is 0.264 e. The molecule has 0 atom stereocenters. The monoisotopic (exact) mass is 500 g/mol. The van der Waals surface area contributed by atoms with Crippen LogP contribution in [0.5, 0.6) is 5.75 Å². The fraction of sp³-hybridized carbons (Fsp3) is 0.269. The van der Waals surface area contributed by atoms with Crippen LogP contribution in [-0.4, -0.2) is 34.0 Å². The van der Waals surface area contributed by atoms with Crippen LogP contribution < -0.4 is 14.4 Å². The summed E-state index contributed by atoms with van der Waals surface area (Å²) in [4.78, 5) is 12.8. The summed E-state index contributed by atoms with van der Waals surface area (Å²) in [6, 6.07) is 20.6. The second-order valence-electron chi connectivity index (χ2n) is 8.19. The normalized spacial score (nSPS) is 11.3.